The number of aromatic nitrogens is 1. The number of ketones is 1. The number of nitrogens with one attached hydrogen (secondary N) is 1. The largest absolute Gasteiger partial charge is 0.493 e. The molecule has 0 aliphatic rings. The zero-order valence-corrected chi connectivity index (χ0v) is 11.3. The van der Waals surface area contributed by atoms with Gasteiger partial charge in [0.1, 0.15) is 5.75 Å². The van der Waals surface area contributed by atoms with Crippen LogP contribution in [0.2, 0.25) is 0 Å². The zero-order valence-electron chi connectivity index (χ0n) is 10.5. The molecule has 0 saturated heterocycles. The predicted molar refractivity (Wildman–Crippen MR) is 77.2 cm³/mol. The lowest BCUT2D eigenvalue weighted by Gasteiger charge is -2.06. The van der Waals surface area contributed by atoms with Crippen molar-refractivity contribution in [1.29, 1.82) is 0 Å². The molecule has 0 spiro atoms. The minimum absolute atomic E-state index is 0.0356. The van der Waals surface area contributed by atoms with Crippen molar-refractivity contribution in [2.24, 2.45) is 0 Å². The maximum atomic E-state index is 12.5. The number of carbonyl (C=O) groups excluding carboxylic acids is 1. The van der Waals surface area contributed by atoms with Crippen LogP contribution in [-0.2, 0) is 0 Å². The number of fused-ring (bicyclic) bond motifs is 1. The summed E-state index contributed by atoms with van der Waals surface area (Å²) in [6.45, 7) is 2.52. The van der Waals surface area contributed by atoms with Crippen molar-refractivity contribution in [1.82, 2.24) is 4.98 Å². The summed E-state index contributed by atoms with van der Waals surface area (Å²) < 4.78 is 5.62. The summed E-state index contributed by atoms with van der Waals surface area (Å²) in [6, 6.07) is 9.49. The second-order valence-corrected chi connectivity index (χ2v) is 5.07. The van der Waals surface area contributed by atoms with E-state index in [-0.39, 0.29) is 5.78 Å². The van der Waals surface area contributed by atoms with E-state index in [0.29, 0.717) is 12.2 Å². The average molecular weight is 271 g/mol. The summed E-state index contributed by atoms with van der Waals surface area (Å²) in [5, 5.41) is 2.77. The molecule has 0 atom stereocenters. The van der Waals surface area contributed by atoms with E-state index in [1.165, 1.54) is 11.3 Å². The molecular formula is C15H13NO2S. The molecule has 0 bridgehead atoms. The Balaban J connectivity index is 2.16. The number of aromatic amines is 1. The fourth-order valence-electron chi connectivity index (χ4n) is 2.15. The van der Waals surface area contributed by atoms with Crippen LogP contribution in [0.1, 0.15) is 22.2 Å². The molecule has 4 heteroatoms. The summed E-state index contributed by atoms with van der Waals surface area (Å²) in [5.74, 6) is 0.787. The number of ether oxygens (including phenoxy) is 1. The molecule has 2 heterocycles. The summed E-state index contributed by atoms with van der Waals surface area (Å²) >= 11 is 1.45. The van der Waals surface area contributed by atoms with Crippen LogP contribution in [0.3, 0.4) is 0 Å². The van der Waals surface area contributed by atoms with Crippen molar-refractivity contribution in [2.75, 3.05) is 6.61 Å². The third kappa shape index (κ3) is 2.04. The second-order valence-electron chi connectivity index (χ2n) is 4.12. The second kappa shape index (κ2) is 4.90. The normalized spacial score (nSPS) is 10.8. The van der Waals surface area contributed by atoms with Crippen molar-refractivity contribution in [3.8, 4) is 5.75 Å². The topological polar surface area (TPSA) is 42.1 Å². The van der Waals surface area contributed by atoms with Crippen LogP contribution >= 0.6 is 11.3 Å². The van der Waals surface area contributed by atoms with E-state index in [9.17, 15) is 4.79 Å². The molecule has 0 fully saturated rings. The Morgan fingerprint density at radius 3 is 2.95 bits per heavy atom. The van der Waals surface area contributed by atoms with E-state index in [0.717, 1.165) is 21.5 Å². The van der Waals surface area contributed by atoms with Gasteiger partial charge in [-0.2, -0.15) is 0 Å². The van der Waals surface area contributed by atoms with Gasteiger partial charge in [-0.15, -0.1) is 11.3 Å². The number of rotatable bonds is 4. The van der Waals surface area contributed by atoms with Gasteiger partial charge in [-0.05, 0) is 30.5 Å². The van der Waals surface area contributed by atoms with E-state index in [4.69, 9.17) is 4.74 Å². The fourth-order valence-corrected chi connectivity index (χ4v) is 2.82. The lowest BCUT2D eigenvalue weighted by Crippen LogP contribution is -1.99. The van der Waals surface area contributed by atoms with Crippen molar-refractivity contribution < 1.29 is 9.53 Å². The molecule has 0 unspecified atom stereocenters. The van der Waals surface area contributed by atoms with E-state index in [2.05, 4.69) is 4.98 Å². The number of benzene rings is 1. The van der Waals surface area contributed by atoms with Gasteiger partial charge in [-0.1, -0.05) is 12.1 Å². The first kappa shape index (κ1) is 12.0. The number of hydrogen-bond acceptors (Lipinski definition) is 3. The number of H-pyrrole nitrogens is 1. The van der Waals surface area contributed by atoms with Gasteiger partial charge >= 0.3 is 0 Å². The molecule has 0 saturated carbocycles. The van der Waals surface area contributed by atoms with Gasteiger partial charge in [0.2, 0.25) is 5.78 Å². The summed E-state index contributed by atoms with van der Waals surface area (Å²) in [5.41, 5.74) is 1.59. The quantitative estimate of drug-likeness (QED) is 0.732. The number of hydrogen-bond donors (Lipinski definition) is 1. The van der Waals surface area contributed by atoms with E-state index in [1.54, 1.807) is 6.20 Å². The Kier molecular flexibility index (Phi) is 3.09. The molecule has 0 aliphatic carbocycles. The van der Waals surface area contributed by atoms with Gasteiger partial charge in [0.25, 0.3) is 0 Å². The monoisotopic (exact) mass is 271 g/mol. The Morgan fingerprint density at radius 2 is 2.21 bits per heavy atom. The van der Waals surface area contributed by atoms with Crippen LogP contribution in [-0.4, -0.2) is 17.4 Å². The predicted octanol–water partition coefficient (Wildman–Crippen LogP) is 3.86. The summed E-state index contributed by atoms with van der Waals surface area (Å²) in [7, 11) is 0. The molecule has 1 aromatic carbocycles. The molecule has 0 radical (unpaired) electrons. The molecule has 3 aromatic rings. The summed E-state index contributed by atoms with van der Waals surface area (Å²) in [6.07, 6.45) is 1.76. The first-order chi connectivity index (χ1) is 9.31. The van der Waals surface area contributed by atoms with Crippen LogP contribution in [0, 0.1) is 0 Å². The smallest absolute Gasteiger partial charge is 0.205 e. The lowest BCUT2D eigenvalue weighted by atomic mass is 10.1. The molecular weight excluding hydrogens is 258 g/mol. The lowest BCUT2D eigenvalue weighted by molar-refractivity contribution is 0.104. The van der Waals surface area contributed by atoms with Gasteiger partial charge in [-0.25, -0.2) is 0 Å². The van der Waals surface area contributed by atoms with E-state index >= 15 is 0 Å². The highest BCUT2D eigenvalue weighted by atomic mass is 32.1. The fraction of sp³-hybridized carbons (Fsp3) is 0.133. The highest BCUT2D eigenvalue weighted by Gasteiger charge is 2.17. The minimum Gasteiger partial charge on any atom is -0.493 e. The Morgan fingerprint density at radius 1 is 1.32 bits per heavy atom. The first-order valence-corrected chi connectivity index (χ1v) is 7.00. The SMILES string of the molecule is CCOc1cccc2[nH]cc(C(=O)c3cccs3)c12. The first-order valence-electron chi connectivity index (χ1n) is 6.12. The average Bonchev–Trinajstić information content (AvgIpc) is 3.08. The zero-order chi connectivity index (χ0) is 13.2. The van der Waals surface area contributed by atoms with E-state index < -0.39 is 0 Å². The molecule has 0 amide bonds. The molecule has 2 aromatic heterocycles. The van der Waals surface area contributed by atoms with Crippen LogP contribution in [0.4, 0.5) is 0 Å². The molecule has 0 aliphatic heterocycles. The van der Waals surface area contributed by atoms with Gasteiger partial charge in [0, 0.05) is 11.7 Å². The highest BCUT2D eigenvalue weighted by molar-refractivity contribution is 7.12. The van der Waals surface area contributed by atoms with E-state index in [1.807, 2.05) is 42.6 Å². The third-order valence-electron chi connectivity index (χ3n) is 2.96. The van der Waals surface area contributed by atoms with Crippen LogP contribution in [0.15, 0.2) is 41.9 Å². The van der Waals surface area contributed by atoms with Gasteiger partial charge in [0.05, 0.1) is 22.4 Å². The Bertz CT molecular complexity index is 713. The van der Waals surface area contributed by atoms with Gasteiger partial charge in [0.15, 0.2) is 0 Å². The van der Waals surface area contributed by atoms with Crippen LogP contribution in [0.5, 0.6) is 5.75 Å². The molecule has 19 heavy (non-hydrogen) atoms. The summed E-state index contributed by atoms with van der Waals surface area (Å²) in [4.78, 5) is 16.4. The third-order valence-corrected chi connectivity index (χ3v) is 3.83. The number of thiophene rings is 1. The highest BCUT2D eigenvalue weighted by Crippen LogP contribution is 2.30. The van der Waals surface area contributed by atoms with Crippen LogP contribution < -0.4 is 4.74 Å². The van der Waals surface area contributed by atoms with Crippen molar-refractivity contribution in [2.45, 2.75) is 6.92 Å². The standard InChI is InChI=1S/C15H13NO2S/c1-2-18-12-6-3-5-11-14(12)10(9-16-11)15(17)13-7-4-8-19-13/h3-9,16H,2H2,1H3. The van der Waals surface area contributed by atoms with Crippen molar-refractivity contribution in [3.63, 3.8) is 0 Å². The number of carbonyl (C=O) groups is 1. The maximum Gasteiger partial charge on any atom is 0.205 e. The molecule has 96 valence electrons. The Hall–Kier alpha value is -2.07. The van der Waals surface area contributed by atoms with Crippen LogP contribution in [0.25, 0.3) is 10.9 Å². The maximum absolute atomic E-state index is 12.5. The van der Waals surface area contributed by atoms with Gasteiger partial charge in [-0.3, -0.25) is 4.79 Å². The minimum atomic E-state index is 0.0356. The van der Waals surface area contributed by atoms with Gasteiger partial charge < -0.3 is 9.72 Å². The Labute approximate surface area is 114 Å². The molecule has 3 nitrogen and oxygen atoms in total. The molecule has 1 N–H and O–H groups in total. The van der Waals surface area contributed by atoms with Crippen molar-refractivity contribution in [3.05, 3.63) is 52.3 Å². The molecule has 3 rings (SSSR count). The van der Waals surface area contributed by atoms with Crippen molar-refractivity contribution >= 4 is 28.0 Å².